The van der Waals surface area contributed by atoms with E-state index in [0.717, 1.165) is 25.9 Å². The van der Waals surface area contributed by atoms with Gasteiger partial charge in [0.2, 0.25) is 0 Å². The van der Waals surface area contributed by atoms with Gasteiger partial charge in [-0.2, -0.15) is 0 Å². The number of hydrogen-bond donors (Lipinski definition) is 3. The summed E-state index contributed by atoms with van der Waals surface area (Å²) in [6.45, 7) is 7.14. The van der Waals surface area contributed by atoms with E-state index >= 15 is 0 Å². The number of phenols is 1. The van der Waals surface area contributed by atoms with Crippen LogP contribution in [0.2, 0.25) is 0 Å². The summed E-state index contributed by atoms with van der Waals surface area (Å²) in [5.74, 6) is 0.535. The van der Waals surface area contributed by atoms with Crippen LogP contribution in [0.15, 0.2) is 18.2 Å². The first-order valence-corrected chi connectivity index (χ1v) is 7.54. The number of carbonyl (C=O) groups is 1. The first-order chi connectivity index (χ1) is 10.3. The SMILES string of the molecule is CC(C)(C)OC(=O)Nc1ccc(O)cc1OC1CCCNC1. The molecule has 1 aliphatic rings. The van der Waals surface area contributed by atoms with Crippen molar-refractivity contribution in [3.63, 3.8) is 0 Å². The van der Waals surface area contributed by atoms with Gasteiger partial charge in [0.25, 0.3) is 0 Å². The molecule has 3 N–H and O–H groups in total. The third-order valence-corrected chi connectivity index (χ3v) is 3.15. The highest BCUT2D eigenvalue weighted by molar-refractivity contribution is 5.87. The molecule has 1 aromatic carbocycles. The molecule has 0 spiro atoms. The van der Waals surface area contributed by atoms with Gasteiger partial charge in [-0.25, -0.2) is 4.79 Å². The number of phenolic OH excluding ortho intramolecular Hbond substituents is 1. The van der Waals surface area contributed by atoms with E-state index in [1.807, 2.05) is 0 Å². The molecule has 0 aromatic heterocycles. The van der Waals surface area contributed by atoms with Crippen LogP contribution >= 0.6 is 0 Å². The van der Waals surface area contributed by atoms with Gasteiger partial charge in [-0.05, 0) is 52.3 Å². The lowest BCUT2D eigenvalue weighted by atomic mass is 10.1. The summed E-state index contributed by atoms with van der Waals surface area (Å²) in [5.41, 5.74) is -0.0902. The average Bonchev–Trinajstić information content (AvgIpc) is 2.41. The quantitative estimate of drug-likeness (QED) is 0.748. The smallest absolute Gasteiger partial charge is 0.412 e. The van der Waals surface area contributed by atoms with Crippen molar-refractivity contribution in [2.45, 2.75) is 45.3 Å². The largest absolute Gasteiger partial charge is 0.508 e. The van der Waals surface area contributed by atoms with E-state index in [9.17, 15) is 9.90 Å². The van der Waals surface area contributed by atoms with Crippen molar-refractivity contribution in [2.75, 3.05) is 18.4 Å². The van der Waals surface area contributed by atoms with Crippen molar-refractivity contribution in [3.8, 4) is 11.5 Å². The standard InChI is InChI=1S/C16H24N2O4/c1-16(2,3)22-15(20)18-13-7-6-11(19)9-14(13)21-12-5-4-8-17-10-12/h6-7,9,12,17,19H,4-5,8,10H2,1-3H3,(H,18,20). The lowest BCUT2D eigenvalue weighted by Gasteiger charge is -2.25. The second-order valence-electron chi connectivity index (χ2n) is 6.39. The molecule has 1 aliphatic heterocycles. The van der Waals surface area contributed by atoms with Crippen LogP contribution in [-0.2, 0) is 4.74 Å². The summed E-state index contributed by atoms with van der Waals surface area (Å²) in [6, 6.07) is 4.60. The Bertz CT molecular complexity index is 519. The minimum atomic E-state index is -0.574. The molecule has 6 nitrogen and oxygen atoms in total. The predicted molar refractivity (Wildman–Crippen MR) is 84.5 cm³/mol. The monoisotopic (exact) mass is 308 g/mol. The van der Waals surface area contributed by atoms with Crippen LogP contribution in [-0.4, -0.2) is 36.0 Å². The Balaban J connectivity index is 2.08. The average molecular weight is 308 g/mol. The zero-order valence-electron chi connectivity index (χ0n) is 13.3. The molecule has 1 amide bonds. The van der Waals surface area contributed by atoms with Crippen molar-refractivity contribution < 1.29 is 19.4 Å². The molecular weight excluding hydrogens is 284 g/mol. The lowest BCUT2D eigenvalue weighted by Crippen LogP contribution is -2.37. The van der Waals surface area contributed by atoms with Gasteiger partial charge >= 0.3 is 6.09 Å². The van der Waals surface area contributed by atoms with Gasteiger partial charge in [0.15, 0.2) is 0 Å². The van der Waals surface area contributed by atoms with E-state index in [1.165, 1.54) is 12.1 Å². The first-order valence-electron chi connectivity index (χ1n) is 7.54. The molecule has 122 valence electrons. The molecule has 1 heterocycles. The number of hydrogen-bond acceptors (Lipinski definition) is 5. The second kappa shape index (κ2) is 6.87. The third-order valence-electron chi connectivity index (χ3n) is 3.15. The van der Waals surface area contributed by atoms with Crippen LogP contribution in [0.1, 0.15) is 33.6 Å². The van der Waals surface area contributed by atoms with E-state index in [2.05, 4.69) is 10.6 Å². The van der Waals surface area contributed by atoms with Gasteiger partial charge in [0.05, 0.1) is 5.69 Å². The number of benzene rings is 1. The predicted octanol–water partition coefficient (Wildman–Crippen LogP) is 2.87. The number of nitrogens with one attached hydrogen (secondary N) is 2. The van der Waals surface area contributed by atoms with Gasteiger partial charge < -0.3 is 19.9 Å². The molecule has 6 heteroatoms. The van der Waals surface area contributed by atoms with Crippen LogP contribution in [0.3, 0.4) is 0 Å². The fourth-order valence-corrected chi connectivity index (χ4v) is 2.23. The number of carbonyl (C=O) groups excluding carboxylic acids is 1. The number of piperidine rings is 1. The van der Waals surface area contributed by atoms with E-state index in [-0.39, 0.29) is 11.9 Å². The maximum absolute atomic E-state index is 11.9. The number of amides is 1. The number of ether oxygens (including phenoxy) is 2. The summed E-state index contributed by atoms with van der Waals surface area (Å²) in [5, 5.41) is 15.6. The van der Waals surface area contributed by atoms with E-state index in [4.69, 9.17) is 9.47 Å². The Morgan fingerprint density at radius 2 is 2.18 bits per heavy atom. The maximum Gasteiger partial charge on any atom is 0.412 e. The molecule has 2 rings (SSSR count). The molecule has 0 saturated carbocycles. The fraction of sp³-hybridized carbons (Fsp3) is 0.562. The van der Waals surface area contributed by atoms with Crippen molar-refractivity contribution in [3.05, 3.63) is 18.2 Å². The van der Waals surface area contributed by atoms with Gasteiger partial charge in [-0.15, -0.1) is 0 Å². The zero-order valence-corrected chi connectivity index (χ0v) is 13.3. The van der Waals surface area contributed by atoms with Crippen molar-refractivity contribution in [1.29, 1.82) is 0 Å². The summed E-state index contributed by atoms with van der Waals surface area (Å²) in [7, 11) is 0. The summed E-state index contributed by atoms with van der Waals surface area (Å²) in [6.07, 6.45) is 1.45. The molecule has 1 aromatic rings. The molecule has 1 atom stereocenters. The van der Waals surface area contributed by atoms with E-state index in [1.54, 1.807) is 26.8 Å². The van der Waals surface area contributed by atoms with Crippen LogP contribution in [0.4, 0.5) is 10.5 Å². The van der Waals surface area contributed by atoms with E-state index < -0.39 is 11.7 Å². The topological polar surface area (TPSA) is 79.8 Å². The first kappa shape index (κ1) is 16.4. The number of rotatable bonds is 3. The van der Waals surface area contributed by atoms with Crippen LogP contribution in [0.5, 0.6) is 11.5 Å². The maximum atomic E-state index is 11.9. The normalized spacial score (nSPS) is 18.6. The zero-order chi connectivity index (χ0) is 16.2. The van der Waals surface area contributed by atoms with Crippen LogP contribution in [0.25, 0.3) is 0 Å². The Hall–Kier alpha value is -1.95. The lowest BCUT2D eigenvalue weighted by molar-refractivity contribution is 0.0634. The Labute approximate surface area is 130 Å². The summed E-state index contributed by atoms with van der Waals surface area (Å²) in [4.78, 5) is 11.9. The summed E-state index contributed by atoms with van der Waals surface area (Å²) < 4.78 is 11.1. The molecule has 22 heavy (non-hydrogen) atoms. The molecule has 0 radical (unpaired) electrons. The minimum Gasteiger partial charge on any atom is -0.508 e. The molecular formula is C16H24N2O4. The van der Waals surface area contributed by atoms with E-state index in [0.29, 0.717) is 11.4 Å². The summed E-state index contributed by atoms with van der Waals surface area (Å²) >= 11 is 0. The Morgan fingerprint density at radius 3 is 2.82 bits per heavy atom. The van der Waals surface area contributed by atoms with Crippen molar-refractivity contribution >= 4 is 11.8 Å². The van der Waals surface area contributed by atoms with Crippen molar-refractivity contribution in [1.82, 2.24) is 5.32 Å². The number of aromatic hydroxyl groups is 1. The third kappa shape index (κ3) is 5.11. The number of anilines is 1. The minimum absolute atomic E-state index is 0.0229. The highest BCUT2D eigenvalue weighted by Crippen LogP contribution is 2.31. The molecule has 1 fully saturated rings. The van der Waals surface area contributed by atoms with Gasteiger partial charge in [-0.1, -0.05) is 0 Å². The Kier molecular flexibility index (Phi) is 5.13. The molecule has 0 aliphatic carbocycles. The van der Waals surface area contributed by atoms with Crippen LogP contribution < -0.4 is 15.4 Å². The second-order valence-corrected chi connectivity index (χ2v) is 6.39. The molecule has 0 bridgehead atoms. The Morgan fingerprint density at radius 1 is 1.41 bits per heavy atom. The molecule has 1 saturated heterocycles. The van der Waals surface area contributed by atoms with Crippen molar-refractivity contribution in [2.24, 2.45) is 0 Å². The fourth-order valence-electron chi connectivity index (χ4n) is 2.23. The van der Waals surface area contributed by atoms with Gasteiger partial charge in [-0.3, -0.25) is 5.32 Å². The highest BCUT2D eigenvalue weighted by Gasteiger charge is 2.20. The van der Waals surface area contributed by atoms with Crippen LogP contribution in [0, 0.1) is 0 Å². The molecule has 1 unspecified atom stereocenters. The highest BCUT2D eigenvalue weighted by atomic mass is 16.6. The van der Waals surface area contributed by atoms with Gasteiger partial charge in [0.1, 0.15) is 23.2 Å². The van der Waals surface area contributed by atoms with Gasteiger partial charge in [0, 0.05) is 12.6 Å².